The van der Waals surface area contributed by atoms with E-state index in [9.17, 15) is 0 Å². The summed E-state index contributed by atoms with van der Waals surface area (Å²) in [4.78, 5) is 10.5. The number of furan rings is 1. The van der Waals surface area contributed by atoms with Gasteiger partial charge in [-0.15, -0.1) is 22.7 Å². The Morgan fingerprint density at radius 3 is 1.18 bits per heavy atom. The van der Waals surface area contributed by atoms with Crippen molar-refractivity contribution < 1.29 is 4.42 Å². The Morgan fingerprint density at radius 2 is 0.974 bits per heavy atom. The fourth-order valence-electron chi connectivity index (χ4n) is 3.07. The van der Waals surface area contributed by atoms with E-state index in [1.54, 1.807) is 11.3 Å². The molecule has 3 aromatic heterocycles. The van der Waals surface area contributed by atoms with Crippen LogP contribution in [0.4, 0.5) is 0 Å². The van der Waals surface area contributed by atoms with Crippen molar-refractivity contribution in [2.45, 2.75) is 157 Å². The van der Waals surface area contributed by atoms with Crippen molar-refractivity contribution in [3.05, 3.63) is 55.8 Å². The summed E-state index contributed by atoms with van der Waals surface area (Å²) < 4.78 is 5.81. The van der Waals surface area contributed by atoms with E-state index in [0.29, 0.717) is 0 Å². The van der Waals surface area contributed by atoms with Crippen LogP contribution in [0.2, 0.25) is 0 Å². The lowest BCUT2D eigenvalue weighted by Gasteiger charge is -2.17. The fourth-order valence-corrected chi connectivity index (χ4v) is 5.24. The van der Waals surface area contributed by atoms with Gasteiger partial charge in [0.15, 0.2) is 0 Å². The second kappa shape index (κ2) is 12.2. The van der Waals surface area contributed by atoms with Gasteiger partial charge in [0.05, 0.1) is 15.7 Å². The van der Waals surface area contributed by atoms with E-state index in [1.807, 2.05) is 17.5 Å². The summed E-state index contributed by atoms with van der Waals surface area (Å²) in [5, 5.41) is 4.65. The molecule has 3 heterocycles. The number of hydrogen-bond acceptors (Lipinski definition) is 5. The molecular formula is C34H58N2OS2. The Kier molecular flexibility index (Phi) is 11.1. The Morgan fingerprint density at radius 1 is 0.538 bits per heavy atom. The van der Waals surface area contributed by atoms with Gasteiger partial charge in [-0.25, -0.2) is 9.97 Å². The van der Waals surface area contributed by atoms with Crippen LogP contribution in [0.1, 0.15) is 157 Å². The first-order valence-corrected chi connectivity index (χ1v) is 15.9. The van der Waals surface area contributed by atoms with E-state index in [0.717, 1.165) is 11.5 Å². The second-order valence-electron chi connectivity index (χ2n) is 16.7. The monoisotopic (exact) mass is 574 g/mol. The molecule has 0 fully saturated rings. The third-order valence-corrected chi connectivity index (χ3v) is 9.00. The summed E-state index contributed by atoms with van der Waals surface area (Å²) >= 11 is 3.61. The van der Waals surface area contributed by atoms with Gasteiger partial charge in [0, 0.05) is 43.5 Å². The molecule has 0 aliphatic heterocycles. The van der Waals surface area contributed by atoms with Crippen LogP contribution in [0.3, 0.4) is 0 Å². The van der Waals surface area contributed by atoms with Gasteiger partial charge in [-0.2, -0.15) is 0 Å². The number of thiazole rings is 2. The van der Waals surface area contributed by atoms with E-state index in [1.165, 1.54) is 20.6 Å². The van der Waals surface area contributed by atoms with E-state index in [2.05, 4.69) is 152 Å². The summed E-state index contributed by atoms with van der Waals surface area (Å²) in [6.45, 7) is 39.5. The first kappa shape index (κ1) is 35.6. The Balaban J connectivity index is 0.000000292. The molecule has 0 saturated carbocycles. The molecule has 0 unspecified atom stereocenters. The number of nitrogens with zero attached hydrogens (tertiary/aromatic N) is 2. The van der Waals surface area contributed by atoms with Gasteiger partial charge in [-0.05, 0) is 17.5 Å². The van der Waals surface area contributed by atoms with Crippen molar-refractivity contribution in [1.82, 2.24) is 9.97 Å². The number of hydrogen-bond donors (Lipinski definition) is 0. The zero-order valence-electron chi connectivity index (χ0n) is 28.4. The minimum absolute atomic E-state index is 0.115. The van der Waals surface area contributed by atoms with Crippen LogP contribution in [0.15, 0.2) is 28.1 Å². The lowest BCUT2D eigenvalue weighted by atomic mass is 9.92. The van der Waals surface area contributed by atoms with E-state index < -0.39 is 0 Å². The number of rotatable bonds is 0. The molecule has 3 rings (SSSR count). The highest BCUT2D eigenvalue weighted by Crippen LogP contribution is 2.34. The maximum Gasteiger partial charge on any atom is 0.109 e. The molecule has 0 radical (unpaired) electrons. The first-order valence-electron chi connectivity index (χ1n) is 14.2. The molecule has 222 valence electrons. The minimum atomic E-state index is 0.115. The molecule has 39 heavy (non-hydrogen) atoms. The lowest BCUT2D eigenvalue weighted by Crippen LogP contribution is -2.15. The molecule has 0 N–H and O–H groups in total. The van der Waals surface area contributed by atoms with Crippen molar-refractivity contribution >= 4 is 22.7 Å². The molecule has 0 aliphatic carbocycles. The smallest absolute Gasteiger partial charge is 0.109 e. The molecule has 0 saturated heterocycles. The zero-order valence-corrected chi connectivity index (χ0v) is 30.1. The van der Waals surface area contributed by atoms with Crippen LogP contribution >= 0.6 is 22.7 Å². The highest BCUT2D eigenvalue weighted by molar-refractivity contribution is 7.12. The van der Waals surface area contributed by atoms with E-state index in [-0.39, 0.29) is 32.5 Å². The van der Waals surface area contributed by atoms with Gasteiger partial charge in [-0.1, -0.05) is 125 Å². The molecule has 0 aromatic carbocycles. The third-order valence-electron chi connectivity index (χ3n) is 5.89. The second-order valence-corrected chi connectivity index (χ2v) is 18.6. The average Bonchev–Trinajstić information content (AvgIpc) is 3.45. The Labute approximate surface area is 249 Å². The maximum atomic E-state index is 5.81. The third kappa shape index (κ3) is 11.5. The van der Waals surface area contributed by atoms with Crippen molar-refractivity contribution in [3.63, 3.8) is 0 Å². The van der Waals surface area contributed by atoms with Gasteiger partial charge >= 0.3 is 0 Å². The molecule has 0 atom stereocenters. The standard InChI is InChI=1S/C12H20O.2C11H19NS/c1-11(2,3)9-7-8-10(13-9)12(4,5)6;1-10(2,3)8-7-13-9(12-8)11(4,5)6;1-10(2,3)8-7-12-9(13-8)11(4,5)6/h7-8H,1-6H3;2*7H,1-6H3. The van der Waals surface area contributed by atoms with E-state index >= 15 is 0 Å². The molecule has 0 bridgehead atoms. The van der Waals surface area contributed by atoms with E-state index in [4.69, 9.17) is 4.42 Å². The van der Waals surface area contributed by atoms with Crippen LogP contribution in [0, 0.1) is 0 Å². The highest BCUT2D eigenvalue weighted by Gasteiger charge is 2.25. The largest absolute Gasteiger partial charge is 0.465 e. The fraction of sp³-hybridized carbons (Fsp3) is 0.706. The van der Waals surface area contributed by atoms with Crippen LogP contribution in [-0.2, 0) is 32.5 Å². The quantitative estimate of drug-likeness (QED) is 0.268. The molecule has 0 spiro atoms. The van der Waals surface area contributed by atoms with Gasteiger partial charge < -0.3 is 4.42 Å². The van der Waals surface area contributed by atoms with Crippen molar-refractivity contribution in [2.24, 2.45) is 0 Å². The summed E-state index contributed by atoms with van der Waals surface area (Å²) in [6.07, 6.45) is 2.02. The van der Waals surface area contributed by atoms with Gasteiger partial charge in [-0.3, -0.25) is 0 Å². The number of aromatic nitrogens is 2. The molecule has 0 aliphatic rings. The van der Waals surface area contributed by atoms with Crippen LogP contribution in [0.25, 0.3) is 0 Å². The topological polar surface area (TPSA) is 38.9 Å². The zero-order chi connectivity index (χ0) is 30.8. The van der Waals surface area contributed by atoms with Gasteiger partial charge in [0.2, 0.25) is 0 Å². The van der Waals surface area contributed by atoms with Crippen molar-refractivity contribution in [3.8, 4) is 0 Å². The summed E-state index contributed by atoms with van der Waals surface area (Å²) in [5.74, 6) is 2.13. The molecular weight excluding hydrogens is 517 g/mol. The molecule has 3 nitrogen and oxygen atoms in total. The van der Waals surface area contributed by atoms with Crippen LogP contribution < -0.4 is 0 Å². The minimum Gasteiger partial charge on any atom is -0.465 e. The summed E-state index contributed by atoms with van der Waals surface area (Å²) in [6, 6.07) is 4.17. The Bertz CT molecular complexity index is 919. The van der Waals surface area contributed by atoms with Crippen molar-refractivity contribution in [2.75, 3.05) is 0 Å². The van der Waals surface area contributed by atoms with Crippen LogP contribution in [0.5, 0.6) is 0 Å². The molecule has 3 aromatic rings. The predicted molar refractivity (Wildman–Crippen MR) is 175 cm³/mol. The summed E-state index contributed by atoms with van der Waals surface area (Å²) in [5.41, 5.74) is 2.23. The normalized spacial score (nSPS) is 13.4. The molecule has 5 heteroatoms. The Hall–Kier alpha value is -1.46. The highest BCUT2D eigenvalue weighted by atomic mass is 32.1. The van der Waals surface area contributed by atoms with Crippen LogP contribution in [-0.4, -0.2) is 9.97 Å². The maximum absolute atomic E-state index is 5.81. The van der Waals surface area contributed by atoms with Gasteiger partial charge in [0.25, 0.3) is 0 Å². The summed E-state index contributed by atoms with van der Waals surface area (Å²) in [7, 11) is 0. The van der Waals surface area contributed by atoms with Crippen molar-refractivity contribution in [1.29, 1.82) is 0 Å². The lowest BCUT2D eigenvalue weighted by molar-refractivity contribution is 0.344. The van der Waals surface area contributed by atoms with Gasteiger partial charge in [0.1, 0.15) is 11.5 Å². The first-order chi connectivity index (χ1) is 17.1. The average molecular weight is 575 g/mol. The SMILES string of the molecule is CC(C)(C)c1ccc(C(C)(C)C)o1.CC(C)(C)c1cnc(C(C)(C)C)s1.CC(C)(C)c1csc(C(C)(C)C)n1. The molecule has 0 amide bonds. The predicted octanol–water partition coefficient (Wildman–Crippen LogP) is 11.4.